The predicted octanol–water partition coefficient (Wildman–Crippen LogP) is 4.20. The molecule has 0 saturated heterocycles. The van der Waals surface area contributed by atoms with Gasteiger partial charge in [0.1, 0.15) is 5.41 Å². The second kappa shape index (κ2) is 4.12. The molecule has 0 saturated carbocycles. The monoisotopic (exact) mass is 274 g/mol. The van der Waals surface area contributed by atoms with Crippen molar-refractivity contribution in [3.8, 4) is 0 Å². The second-order valence-electron chi connectivity index (χ2n) is 4.38. The van der Waals surface area contributed by atoms with Crippen molar-refractivity contribution in [3.63, 3.8) is 0 Å². The van der Waals surface area contributed by atoms with Gasteiger partial charge in [0.05, 0.1) is 0 Å². The summed E-state index contributed by atoms with van der Waals surface area (Å²) in [5.74, 6) is -0.887. The molecule has 0 heterocycles. The SMILES string of the molecule is C=CCC1(C(F)(F)F)Cc2cc(Cl)ccc2C1=O. The molecular formula is C13H10ClF3O. The average molecular weight is 275 g/mol. The van der Waals surface area contributed by atoms with E-state index in [1.807, 2.05) is 0 Å². The molecule has 0 amide bonds. The highest BCUT2D eigenvalue weighted by Crippen LogP contribution is 2.51. The van der Waals surface area contributed by atoms with E-state index in [1.165, 1.54) is 18.2 Å². The molecule has 1 aromatic rings. The first kappa shape index (κ1) is 13.1. The van der Waals surface area contributed by atoms with Crippen LogP contribution in [0.1, 0.15) is 22.3 Å². The average Bonchev–Trinajstić information content (AvgIpc) is 2.52. The van der Waals surface area contributed by atoms with Gasteiger partial charge in [-0.1, -0.05) is 17.7 Å². The fourth-order valence-corrected chi connectivity index (χ4v) is 2.54. The van der Waals surface area contributed by atoms with Crippen LogP contribution in [-0.2, 0) is 6.42 Å². The number of hydrogen-bond donors (Lipinski definition) is 0. The minimum Gasteiger partial charge on any atom is -0.293 e. The van der Waals surface area contributed by atoms with Crippen molar-refractivity contribution in [2.24, 2.45) is 5.41 Å². The molecule has 1 aliphatic carbocycles. The summed E-state index contributed by atoms with van der Waals surface area (Å²) < 4.78 is 39.7. The molecule has 1 aliphatic rings. The third kappa shape index (κ3) is 1.75. The fourth-order valence-electron chi connectivity index (χ4n) is 2.35. The molecule has 0 fully saturated rings. The topological polar surface area (TPSA) is 17.1 Å². The van der Waals surface area contributed by atoms with Gasteiger partial charge in [0.15, 0.2) is 5.78 Å². The van der Waals surface area contributed by atoms with Crippen LogP contribution in [-0.4, -0.2) is 12.0 Å². The molecule has 0 bridgehead atoms. The Morgan fingerprint density at radius 2 is 2.11 bits per heavy atom. The zero-order chi connectivity index (χ0) is 13.6. The number of fused-ring (bicyclic) bond motifs is 1. The molecule has 96 valence electrons. The number of allylic oxidation sites excluding steroid dienone is 1. The standard InChI is InChI=1S/C13H10ClF3O/c1-2-5-12(13(15,16)17)7-8-6-9(14)3-4-10(8)11(12)18/h2-4,6H,1,5,7H2. The summed E-state index contributed by atoms with van der Waals surface area (Å²) in [4.78, 5) is 12.1. The summed E-state index contributed by atoms with van der Waals surface area (Å²) in [5.41, 5.74) is -1.91. The lowest BCUT2D eigenvalue weighted by Gasteiger charge is -2.28. The van der Waals surface area contributed by atoms with Crippen LogP contribution in [0.2, 0.25) is 5.02 Å². The number of hydrogen-bond acceptors (Lipinski definition) is 1. The van der Waals surface area contributed by atoms with Crippen molar-refractivity contribution in [1.82, 2.24) is 0 Å². The number of carbonyl (C=O) groups is 1. The molecule has 0 aliphatic heterocycles. The highest BCUT2D eigenvalue weighted by Gasteiger charge is 2.62. The van der Waals surface area contributed by atoms with Crippen molar-refractivity contribution in [2.75, 3.05) is 0 Å². The van der Waals surface area contributed by atoms with Crippen LogP contribution in [0.15, 0.2) is 30.9 Å². The van der Waals surface area contributed by atoms with Crippen LogP contribution < -0.4 is 0 Å². The first-order chi connectivity index (χ1) is 8.32. The second-order valence-corrected chi connectivity index (χ2v) is 4.82. The largest absolute Gasteiger partial charge is 0.402 e. The number of carbonyl (C=O) groups excluding carboxylic acids is 1. The van der Waals surface area contributed by atoms with Gasteiger partial charge in [-0.3, -0.25) is 4.79 Å². The van der Waals surface area contributed by atoms with Gasteiger partial charge in [-0.05, 0) is 36.6 Å². The van der Waals surface area contributed by atoms with Crippen molar-refractivity contribution in [1.29, 1.82) is 0 Å². The maximum atomic E-state index is 13.2. The Hall–Kier alpha value is -1.29. The molecule has 0 aromatic heterocycles. The lowest BCUT2D eigenvalue weighted by atomic mass is 9.79. The molecule has 1 aromatic carbocycles. The smallest absolute Gasteiger partial charge is 0.293 e. The third-order valence-electron chi connectivity index (χ3n) is 3.27. The van der Waals surface area contributed by atoms with Gasteiger partial charge >= 0.3 is 6.18 Å². The molecule has 0 spiro atoms. The molecule has 1 atom stereocenters. The Labute approximate surface area is 107 Å². The summed E-state index contributed by atoms with van der Waals surface area (Å²) in [6.45, 7) is 3.32. The Morgan fingerprint density at radius 1 is 1.44 bits per heavy atom. The van der Waals surface area contributed by atoms with E-state index in [0.29, 0.717) is 10.6 Å². The number of halogens is 4. The van der Waals surface area contributed by atoms with E-state index in [-0.39, 0.29) is 12.0 Å². The maximum absolute atomic E-state index is 13.2. The van der Waals surface area contributed by atoms with E-state index >= 15 is 0 Å². The van der Waals surface area contributed by atoms with E-state index in [4.69, 9.17) is 11.6 Å². The van der Waals surface area contributed by atoms with Gasteiger partial charge in [0, 0.05) is 10.6 Å². The van der Waals surface area contributed by atoms with Crippen LogP contribution in [0.3, 0.4) is 0 Å². The van der Waals surface area contributed by atoms with E-state index in [9.17, 15) is 18.0 Å². The Bertz CT molecular complexity index is 521. The zero-order valence-corrected chi connectivity index (χ0v) is 10.1. The summed E-state index contributed by atoms with van der Waals surface area (Å²) in [5, 5.41) is 0.332. The number of benzene rings is 1. The Morgan fingerprint density at radius 3 is 2.67 bits per heavy atom. The van der Waals surface area contributed by atoms with Crippen LogP contribution in [0.25, 0.3) is 0 Å². The van der Waals surface area contributed by atoms with Crippen molar-refractivity contribution < 1.29 is 18.0 Å². The molecular weight excluding hydrogens is 265 g/mol. The maximum Gasteiger partial charge on any atom is 0.402 e. The molecule has 5 heteroatoms. The summed E-state index contributed by atoms with van der Waals surface area (Å²) >= 11 is 5.74. The van der Waals surface area contributed by atoms with Crippen LogP contribution >= 0.6 is 11.6 Å². The molecule has 1 nitrogen and oxygen atoms in total. The van der Waals surface area contributed by atoms with Gasteiger partial charge in [0.2, 0.25) is 0 Å². The molecule has 0 radical (unpaired) electrons. The Kier molecular flexibility index (Phi) is 3.01. The van der Waals surface area contributed by atoms with E-state index in [2.05, 4.69) is 6.58 Å². The number of Topliss-reactive ketones (excluding diaryl/α,β-unsaturated/α-hetero) is 1. The lowest BCUT2D eigenvalue weighted by molar-refractivity contribution is -0.201. The third-order valence-corrected chi connectivity index (χ3v) is 3.51. The number of rotatable bonds is 2. The first-order valence-electron chi connectivity index (χ1n) is 5.33. The summed E-state index contributed by atoms with van der Waals surface area (Å²) in [6.07, 6.45) is -4.23. The normalized spacial score (nSPS) is 23.0. The minimum absolute atomic E-state index is 0.110. The minimum atomic E-state index is -4.59. The highest BCUT2D eigenvalue weighted by atomic mass is 35.5. The van der Waals surface area contributed by atoms with Crippen molar-refractivity contribution >= 4 is 17.4 Å². The molecule has 2 rings (SSSR count). The van der Waals surface area contributed by atoms with Gasteiger partial charge in [-0.2, -0.15) is 13.2 Å². The number of alkyl halides is 3. The van der Waals surface area contributed by atoms with E-state index in [1.54, 1.807) is 0 Å². The summed E-state index contributed by atoms with van der Waals surface area (Å²) in [6, 6.07) is 4.21. The number of ketones is 1. The zero-order valence-electron chi connectivity index (χ0n) is 9.35. The van der Waals surface area contributed by atoms with Crippen LogP contribution in [0, 0.1) is 5.41 Å². The predicted molar refractivity (Wildman–Crippen MR) is 62.8 cm³/mol. The van der Waals surface area contributed by atoms with E-state index < -0.39 is 23.8 Å². The quantitative estimate of drug-likeness (QED) is 0.739. The van der Waals surface area contributed by atoms with Gasteiger partial charge in [0.25, 0.3) is 0 Å². The fraction of sp³-hybridized carbons (Fsp3) is 0.308. The first-order valence-corrected chi connectivity index (χ1v) is 5.70. The Balaban J connectivity index is 2.56. The van der Waals surface area contributed by atoms with Crippen LogP contribution in [0.5, 0.6) is 0 Å². The van der Waals surface area contributed by atoms with Gasteiger partial charge in [-0.15, -0.1) is 6.58 Å². The van der Waals surface area contributed by atoms with Crippen molar-refractivity contribution in [3.05, 3.63) is 47.0 Å². The van der Waals surface area contributed by atoms with E-state index in [0.717, 1.165) is 6.08 Å². The lowest BCUT2D eigenvalue weighted by Crippen LogP contribution is -2.42. The van der Waals surface area contributed by atoms with Crippen LogP contribution in [0.4, 0.5) is 13.2 Å². The highest BCUT2D eigenvalue weighted by molar-refractivity contribution is 6.30. The van der Waals surface area contributed by atoms with Crippen molar-refractivity contribution in [2.45, 2.75) is 19.0 Å². The molecule has 18 heavy (non-hydrogen) atoms. The summed E-state index contributed by atoms with van der Waals surface area (Å²) in [7, 11) is 0. The van der Waals surface area contributed by atoms with Gasteiger partial charge in [-0.25, -0.2) is 0 Å². The molecule has 0 N–H and O–H groups in total. The molecule has 1 unspecified atom stereocenters. The van der Waals surface area contributed by atoms with Gasteiger partial charge < -0.3 is 0 Å².